The number of rotatable bonds is 4. The Labute approximate surface area is 95.3 Å². The van der Waals surface area contributed by atoms with Crippen molar-refractivity contribution >= 4 is 5.69 Å². The Morgan fingerprint density at radius 1 is 1.47 bits per heavy atom. The van der Waals surface area contributed by atoms with Crippen molar-refractivity contribution in [2.45, 2.75) is 18.3 Å². The highest BCUT2D eigenvalue weighted by Gasteiger charge is 2.49. The standard InChI is InChI=1S/C10H10F2N2O3/c11-6-1-2-7(14(15)16)9(12)8(6)10(3-4-10)5-17-13/h1-2H,3-5,13H2. The Hall–Kier alpha value is -1.60. The maximum Gasteiger partial charge on any atom is 0.305 e. The van der Waals surface area contributed by atoms with E-state index in [0.717, 1.165) is 12.1 Å². The van der Waals surface area contributed by atoms with Crippen LogP contribution in [0.15, 0.2) is 12.1 Å². The summed E-state index contributed by atoms with van der Waals surface area (Å²) >= 11 is 0. The van der Waals surface area contributed by atoms with Crippen molar-refractivity contribution in [3.05, 3.63) is 39.4 Å². The molecule has 92 valence electrons. The van der Waals surface area contributed by atoms with Gasteiger partial charge in [-0.3, -0.25) is 10.1 Å². The van der Waals surface area contributed by atoms with E-state index in [2.05, 4.69) is 4.84 Å². The predicted molar refractivity (Wildman–Crippen MR) is 54.1 cm³/mol. The van der Waals surface area contributed by atoms with Crippen molar-refractivity contribution in [1.29, 1.82) is 0 Å². The number of hydrogen-bond acceptors (Lipinski definition) is 4. The average molecular weight is 244 g/mol. The van der Waals surface area contributed by atoms with Crippen LogP contribution in [0.25, 0.3) is 0 Å². The molecule has 2 rings (SSSR count). The molecule has 1 aromatic carbocycles. The molecule has 0 bridgehead atoms. The highest BCUT2D eigenvalue weighted by Crippen LogP contribution is 2.51. The summed E-state index contributed by atoms with van der Waals surface area (Å²) in [6, 6.07) is 1.71. The molecule has 1 aliphatic carbocycles. The van der Waals surface area contributed by atoms with Crippen LogP contribution < -0.4 is 5.90 Å². The third-order valence-electron chi connectivity index (χ3n) is 3.01. The molecule has 1 saturated carbocycles. The lowest BCUT2D eigenvalue weighted by Crippen LogP contribution is -2.21. The van der Waals surface area contributed by atoms with Gasteiger partial charge in [-0.05, 0) is 18.9 Å². The maximum atomic E-state index is 13.9. The van der Waals surface area contributed by atoms with Crippen molar-refractivity contribution in [3.8, 4) is 0 Å². The monoisotopic (exact) mass is 244 g/mol. The SMILES string of the molecule is NOCC1(c2c(F)ccc([N+](=O)[O-])c2F)CC1. The minimum absolute atomic E-state index is 0.0536. The zero-order valence-corrected chi connectivity index (χ0v) is 8.78. The fourth-order valence-corrected chi connectivity index (χ4v) is 1.95. The minimum atomic E-state index is -1.13. The van der Waals surface area contributed by atoms with E-state index >= 15 is 0 Å². The van der Waals surface area contributed by atoms with Crippen molar-refractivity contribution in [1.82, 2.24) is 0 Å². The molecule has 0 saturated heterocycles. The number of nitrogens with two attached hydrogens (primary N) is 1. The van der Waals surface area contributed by atoms with Crippen LogP contribution in [0.4, 0.5) is 14.5 Å². The fraction of sp³-hybridized carbons (Fsp3) is 0.400. The van der Waals surface area contributed by atoms with Crippen LogP contribution in [-0.4, -0.2) is 11.5 Å². The quantitative estimate of drug-likeness (QED) is 0.647. The van der Waals surface area contributed by atoms with Crippen molar-refractivity contribution in [2.75, 3.05) is 6.61 Å². The third kappa shape index (κ3) is 1.87. The number of benzene rings is 1. The van der Waals surface area contributed by atoms with Gasteiger partial charge >= 0.3 is 5.69 Å². The van der Waals surface area contributed by atoms with Crippen LogP contribution in [0.5, 0.6) is 0 Å². The number of nitrogens with zero attached hydrogens (tertiary/aromatic N) is 1. The summed E-state index contributed by atoms with van der Waals surface area (Å²) in [5.41, 5.74) is -1.88. The first-order valence-corrected chi connectivity index (χ1v) is 4.96. The molecule has 0 heterocycles. The van der Waals surface area contributed by atoms with E-state index in [-0.39, 0.29) is 12.2 Å². The molecule has 0 spiro atoms. The molecule has 1 fully saturated rings. The second kappa shape index (κ2) is 4.01. The van der Waals surface area contributed by atoms with Crippen LogP contribution in [0, 0.1) is 21.7 Å². The van der Waals surface area contributed by atoms with Crippen LogP contribution in [0.2, 0.25) is 0 Å². The van der Waals surface area contributed by atoms with Gasteiger partial charge in [0, 0.05) is 17.0 Å². The van der Waals surface area contributed by atoms with Gasteiger partial charge in [0.05, 0.1) is 11.5 Å². The van der Waals surface area contributed by atoms with Gasteiger partial charge in [0.1, 0.15) is 5.82 Å². The van der Waals surface area contributed by atoms with Gasteiger partial charge in [0.25, 0.3) is 0 Å². The molecule has 0 radical (unpaired) electrons. The average Bonchev–Trinajstić information content (AvgIpc) is 2.98. The Balaban J connectivity index is 2.53. The zero-order chi connectivity index (χ0) is 12.6. The lowest BCUT2D eigenvalue weighted by atomic mass is 9.95. The van der Waals surface area contributed by atoms with E-state index in [1.807, 2.05) is 0 Å². The first-order chi connectivity index (χ1) is 8.02. The summed E-state index contributed by atoms with van der Waals surface area (Å²) in [6.07, 6.45) is 0.998. The minimum Gasteiger partial charge on any atom is -0.304 e. The van der Waals surface area contributed by atoms with Crippen molar-refractivity contribution < 1.29 is 18.5 Å². The van der Waals surface area contributed by atoms with E-state index in [1.54, 1.807) is 0 Å². The lowest BCUT2D eigenvalue weighted by Gasteiger charge is -2.15. The summed E-state index contributed by atoms with van der Waals surface area (Å²) in [5.74, 6) is 2.97. The molecule has 1 aromatic rings. The number of halogens is 2. The molecule has 0 aromatic heterocycles. The van der Waals surface area contributed by atoms with E-state index < -0.39 is 27.7 Å². The molecular formula is C10H10F2N2O3. The van der Waals surface area contributed by atoms with Gasteiger partial charge < -0.3 is 4.84 Å². The van der Waals surface area contributed by atoms with Gasteiger partial charge in [0.15, 0.2) is 0 Å². The van der Waals surface area contributed by atoms with Gasteiger partial charge in [-0.2, -0.15) is 4.39 Å². The van der Waals surface area contributed by atoms with Gasteiger partial charge in [-0.25, -0.2) is 10.3 Å². The fourth-order valence-electron chi connectivity index (χ4n) is 1.95. The molecule has 17 heavy (non-hydrogen) atoms. The van der Waals surface area contributed by atoms with Gasteiger partial charge in [-0.15, -0.1) is 0 Å². The number of nitro groups is 1. The number of hydrogen-bond donors (Lipinski definition) is 1. The second-order valence-electron chi connectivity index (χ2n) is 4.10. The Kier molecular flexibility index (Phi) is 2.80. The predicted octanol–water partition coefficient (Wildman–Crippen LogP) is 1.79. The van der Waals surface area contributed by atoms with E-state index in [9.17, 15) is 18.9 Å². The maximum absolute atomic E-state index is 13.9. The van der Waals surface area contributed by atoms with Crippen LogP contribution in [0.1, 0.15) is 18.4 Å². The third-order valence-corrected chi connectivity index (χ3v) is 3.01. The summed E-state index contributed by atoms with van der Waals surface area (Å²) < 4.78 is 27.5. The number of nitro benzene ring substituents is 1. The first kappa shape index (κ1) is 11.9. The smallest absolute Gasteiger partial charge is 0.304 e. The van der Waals surface area contributed by atoms with Crippen LogP contribution in [0.3, 0.4) is 0 Å². The highest BCUT2D eigenvalue weighted by atomic mass is 19.1. The molecule has 0 aliphatic heterocycles. The van der Waals surface area contributed by atoms with Crippen molar-refractivity contribution in [3.63, 3.8) is 0 Å². The van der Waals surface area contributed by atoms with Gasteiger partial charge in [0.2, 0.25) is 5.82 Å². The molecule has 5 nitrogen and oxygen atoms in total. The normalized spacial score (nSPS) is 16.9. The first-order valence-electron chi connectivity index (χ1n) is 4.96. The topological polar surface area (TPSA) is 78.4 Å². The second-order valence-corrected chi connectivity index (χ2v) is 4.10. The van der Waals surface area contributed by atoms with E-state index in [0.29, 0.717) is 12.8 Å². The largest absolute Gasteiger partial charge is 0.305 e. The summed E-state index contributed by atoms with van der Waals surface area (Å²) in [7, 11) is 0. The molecular weight excluding hydrogens is 234 g/mol. The Morgan fingerprint density at radius 2 is 2.12 bits per heavy atom. The zero-order valence-electron chi connectivity index (χ0n) is 8.78. The summed E-state index contributed by atoms with van der Waals surface area (Å²) in [6.45, 7) is -0.0536. The van der Waals surface area contributed by atoms with Crippen molar-refractivity contribution in [2.24, 2.45) is 5.90 Å². The van der Waals surface area contributed by atoms with Crippen LogP contribution in [-0.2, 0) is 10.3 Å². The highest BCUT2D eigenvalue weighted by molar-refractivity contribution is 5.44. The Morgan fingerprint density at radius 3 is 2.59 bits per heavy atom. The van der Waals surface area contributed by atoms with Gasteiger partial charge in [-0.1, -0.05) is 0 Å². The lowest BCUT2D eigenvalue weighted by molar-refractivity contribution is -0.387. The molecule has 0 amide bonds. The Bertz CT molecular complexity index is 475. The van der Waals surface area contributed by atoms with Crippen LogP contribution >= 0.6 is 0 Å². The molecule has 0 atom stereocenters. The van der Waals surface area contributed by atoms with E-state index in [4.69, 9.17) is 5.90 Å². The molecule has 7 heteroatoms. The summed E-state index contributed by atoms with van der Waals surface area (Å²) in [4.78, 5) is 14.1. The van der Waals surface area contributed by atoms with E-state index in [1.165, 1.54) is 0 Å². The molecule has 0 unspecified atom stereocenters. The summed E-state index contributed by atoms with van der Waals surface area (Å²) in [5, 5.41) is 10.6. The molecule has 1 aliphatic rings. The molecule has 2 N–H and O–H groups in total.